The minimum absolute atomic E-state index is 0.422. The zero-order chi connectivity index (χ0) is 15.1. The fraction of sp³-hybridized carbons (Fsp3) is 0.235. The summed E-state index contributed by atoms with van der Waals surface area (Å²) in [4.78, 5) is 11.1. The van der Waals surface area contributed by atoms with E-state index in [1.807, 2.05) is 25.1 Å². The fourth-order valence-corrected chi connectivity index (χ4v) is 2.03. The van der Waals surface area contributed by atoms with Gasteiger partial charge in [0.15, 0.2) is 0 Å². The average Bonchev–Trinajstić information content (AvgIpc) is 2.49. The molecule has 0 aliphatic rings. The fourth-order valence-electron chi connectivity index (χ4n) is 2.03. The van der Waals surface area contributed by atoms with E-state index in [2.05, 4.69) is 17.4 Å². The predicted octanol–water partition coefficient (Wildman–Crippen LogP) is 2.26. The van der Waals surface area contributed by atoms with Crippen molar-refractivity contribution in [3.05, 3.63) is 65.2 Å². The lowest BCUT2D eigenvalue weighted by Crippen LogP contribution is -2.20. The summed E-state index contributed by atoms with van der Waals surface area (Å²) in [6, 6.07) is 15.4. The molecule has 0 atom stereocenters. The third-order valence-electron chi connectivity index (χ3n) is 3.17. The molecule has 21 heavy (non-hydrogen) atoms. The van der Waals surface area contributed by atoms with Crippen LogP contribution in [-0.2, 0) is 6.54 Å². The first-order valence-corrected chi connectivity index (χ1v) is 6.94. The second-order valence-corrected chi connectivity index (χ2v) is 4.86. The normalized spacial score (nSPS) is 10.3. The molecule has 2 rings (SSSR count). The lowest BCUT2D eigenvalue weighted by atomic mass is 10.1. The molecule has 0 aliphatic carbocycles. The Hall–Kier alpha value is -2.33. The standard InChI is InChI=1S/C17H20N2O2/c1-13-11-15(17(18)20)7-8-16(13)21-10-9-19-12-14-5-3-2-4-6-14/h2-8,11,19H,9-10,12H2,1H3,(H2,18,20). The van der Waals surface area contributed by atoms with E-state index in [1.54, 1.807) is 18.2 Å². The molecule has 2 aromatic rings. The number of aryl methyl sites for hydroxylation is 1. The molecule has 110 valence electrons. The number of carbonyl (C=O) groups excluding carboxylic acids is 1. The van der Waals surface area contributed by atoms with E-state index in [-0.39, 0.29) is 0 Å². The molecule has 0 heterocycles. The van der Waals surface area contributed by atoms with Gasteiger partial charge in [-0.05, 0) is 36.2 Å². The first-order valence-electron chi connectivity index (χ1n) is 6.94. The second kappa shape index (κ2) is 7.45. The molecule has 0 saturated heterocycles. The van der Waals surface area contributed by atoms with Gasteiger partial charge >= 0.3 is 0 Å². The summed E-state index contributed by atoms with van der Waals surface area (Å²) in [7, 11) is 0. The van der Waals surface area contributed by atoms with Crippen molar-refractivity contribution in [1.29, 1.82) is 0 Å². The topological polar surface area (TPSA) is 64.4 Å². The van der Waals surface area contributed by atoms with Crippen LogP contribution in [0, 0.1) is 6.92 Å². The zero-order valence-corrected chi connectivity index (χ0v) is 12.1. The van der Waals surface area contributed by atoms with Crippen molar-refractivity contribution < 1.29 is 9.53 Å². The highest BCUT2D eigenvalue weighted by atomic mass is 16.5. The largest absolute Gasteiger partial charge is 0.492 e. The molecule has 4 nitrogen and oxygen atoms in total. The van der Waals surface area contributed by atoms with Gasteiger partial charge in [0.25, 0.3) is 0 Å². The predicted molar refractivity (Wildman–Crippen MR) is 83.3 cm³/mol. The van der Waals surface area contributed by atoms with Gasteiger partial charge in [-0.25, -0.2) is 0 Å². The highest BCUT2D eigenvalue weighted by Gasteiger charge is 2.04. The van der Waals surface area contributed by atoms with Crippen molar-refractivity contribution in [2.45, 2.75) is 13.5 Å². The molecule has 0 aliphatic heterocycles. The van der Waals surface area contributed by atoms with Gasteiger partial charge in [0.2, 0.25) is 5.91 Å². The Balaban J connectivity index is 1.75. The Morgan fingerprint density at radius 3 is 2.62 bits per heavy atom. The molecule has 0 bridgehead atoms. The lowest BCUT2D eigenvalue weighted by Gasteiger charge is -2.10. The third kappa shape index (κ3) is 4.61. The number of carbonyl (C=O) groups is 1. The summed E-state index contributed by atoms with van der Waals surface area (Å²) in [5.41, 5.74) is 7.90. The number of nitrogens with two attached hydrogens (primary N) is 1. The molecule has 2 aromatic carbocycles. The highest BCUT2D eigenvalue weighted by Crippen LogP contribution is 2.18. The van der Waals surface area contributed by atoms with Crippen LogP contribution in [0.25, 0.3) is 0 Å². The number of nitrogens with one attached hydrogen (secondary N) is 1. The maximum atomic E-state index is 11.1. The van der Waals surface area contributed by atoms with Crippen LogP contribution in [0.2, 0.25) is 0 Å². The summed E-state index contributed by atoms with van der Waals surface area (Å²) in [5, 5.41) is 3.32. The van der Waals surface area contributed by atoms with E-state index in [1.165, 1.54) is 5.56 Å². The van der Waals surface area contributed by atoms with Crippen molar-refractivity contribution >= 4 is 5.91 Å². The van der Waals surface area contributed by atoms with Crippen molar-refractivity contribution in [3.63, 3.8) is 0 Å². The molecule has 0 radical (unpaired) electrons. The summed E-state index contributed by atoms with van der Waals surface area (Å²) >= 11 is 0. The van der Waals surface area contributed by atoms with Gasteiger partial charge in [0.1, 0.15) is 12.4 Å². The minimum Gasteiger partial charge on any atom is -0.492 e. The van der Waals surface area contributed by atoms with Gasteiger partial charge in [0.05, 0.1) is 0 Å². The Labute approximate surface area is 124 Å². The molecule has 4 heteroatoms. The van der Waals surface area contributed by atoms with Crippen LogP contribution in [-0.4, -0.2) is 19.1 Å². The number of benzene rings is 2. The zero-order valence-electron chi connectivity index (χ0n) is 12.1. The number of amides is 1. The Morgan fingerprint density at radius 2 is 1.95 bits per heavy atom. The molecule has 0 aromatic heterocycles. The monoisotopic (exact) mass is 284 g/mol. The van der Waals surface area contributed by atoms with E-state index < -0.39 is 5.91 Å². The number of ether oxygens (including phenoxy) is 1. The summed E-state index contributed by atoms with van der Waals surface area (Å²) in [5.74, 6) is 0.357. The van der Waals surface area contributed by atoms with E-state index in [4.69, 9.17) is 10.5 Å². The summed E-state index contributed by atoms with van der Waals surface area (Å²) < 4.78 is 5.69. The SMILES string of the molecule is Cc1cc(C(N)=O)ccc1OCCNCc1ccccc1. The van der Waals surface area contributed by atoms with Gasteiger partial charge in [0, 0.05) is 18.7 Å². The molecule has 3 N–H and O–H groups in total. The quantitative estimate of drug-likeness (QED) is 0.767. The third-order valence-corrected chi connectivity index (χ3v) is 3.17. The van der Waals surface area contributed by atoms with E-state index >= 15 is 0 Å². The minimum atomic E-state index is -0.422. The molecular weight excluding hydrogens is 264 g/mol. The van der Waals surface area contributed by atoms with Crippen LogP contribution >= 0.6 is 0 Å². The molecule has 0 saturated carbocycles. The van der Waals surface area contributed by atoms with Gasteiger partial charge < -0.3 is 15.8 Å². The smallest absolute Gasteiger partial charge is 0.248 e. The highest BCUT2D eigenvalue weighted by molar-refractivity contribution is 5.93. The van der Waals surface area contributed by atoms with Crippen LogP contribution in [0.3, 0.4) is 0 Å². The summed E-state index contributed by atoms with van der Waals surface area (Å²) in [6.45, 7) is 4.05. The van der Waals surface area contributed by atoms with Crippen LogP contribution in [0.5, 0.6) is 5.75 Å². The molecular formula is C17H20N2O2. The number of primary amides is 1. The van der Waals surface area contributed by atoms with Gasteiger partial charge in [-0.1, -0.05) is 30.3 Å². The first kappa shape index (κ1) is 15.1. The first-order chi connectivity index (χ1) is 10.2. The maximum Gasteiger partial charge on any atom is 0.248 e. The molecule has 0 fully saturated rings. The lowest BCUT2D eigenvalue weighted by molar-refractivity contribution is 0.1000. The van der Waals surface area contributed by atoms with Crippen LogP contribution in [0.4, 0.5) is 0 Å². The maximum absolute atomic E-state index is 11.1. The second-order valence-electron chi connectivity index (χ2n) is 4.86. The van der Waals surface area contributed by atoms with Crippen molar-refractivity contribution in [2.75, 3.05) is 13.2 Å². The van der Waals surface area contributed by atoms with E-state index in [9.17, 15) is 4.79 Å². The number of hydrogen-bond acceptors (Lipinski definition) is 3. The van der Waals surface area contributed by atoms with Crippen molar-refractivity contribution in [3.8, 4) is 5.75 Å². The number of hydrogen-bond donors (Lipinski definition) is 2. The van der Waals surface area contributed by atoms with Gasteiger partial charge in [-0.15, -0.1) is 0 Å². The van der Waals surface area contributed by atoms with E-state index in [0.717, 1.165) is 24.4 Å². The van der Waals surface area contributed by atoms with Crippen molar-refractivity contribution in [1.82, 2.24) is 5.32 Å². The number of rotatable bonds is 7. The molecule has 0 unspecified atom stereocenters. The van der Waals surface area contributed by atoms with Gasteiger partial charge in [-0.3, -0.25) is 4.79 Å². The van der Waals surface area contributed by atoms with Crippen LogP contribution < -0.4 is 15.8 Å². The van der Waals surface area contributed by atoms with E-state index in [0.29, 0.717) is 12.2 Å². The summed E-state index contributed by atoms with van der Waals surface area (Å²) in [6.07, 6.45) is 0. The van der Waals surface area contributed by atoms with Crippen molar-refractivity contribution in [2.24, 2.45) is 5.73 Å². The Bertz CT molecular complexity index is 597. The van der Waals surface area contributed by atoms with Gasteiger partial charge in [-0.2, -0.15) is 0 Å². The van der Waals surface area contributed by atoms with Crippen LogP contribution in [0.15, 0.2) is 48.5 Å². The van der Waals surface area contributed by atoms with Crippen LogP contribution in [0.1, 0.15) is 21.5 Å². The Morgan fingerprint density at radius 1 is 1.19 bits per heavy atom. The molecule has 0 spiro atoms. The molecule has 1 amide bonds. The Kier molecular flexibility index (Phi) is 5.35. The average molecular weight is 284 g/mol.